The van der Waals surface area contributed by atoms with Crippen molar-refractivity contribution in [2.24, 2.45) is 5.73 Å². The number of Topliss-reactive ketones (excluding diaryl/α,β-unsaturated/α-hetero) is 1. The van der Waals surface area contributed by atoms with Crippen molar-refractivity contribution >= 4 is 23.4 Å². The van der Waals surface area contributed by atoms with Crippen molar-refractivity contribution in [3.63, 3.8) is 0 Å². The molecule has 1 aliphatic heterocycles. The molecule has 0 spiro atoms. The quantitative estimate of drug-likeness (QED) is 0.584. The number of nitriles is 1. The number of carbonyl (C=O) groups is 2. The fourth-order valence-corrected chi connectivity index (χ4v) is 3.92. The number of allylic oxidation sites excluding steroid dienone is 3. The van der Waals surface area contributed by atoms with Gasteiger partial charge in [-0.05, 0) is 36.2 Å². The highest BCUT2D eigenvalue weighted by atomic mass is 35.5. The molecule has 0 amide bonds. The van der Waals surface area contributed by atoms with Gasteiger partial charge in [0.2, 0.25) is 5.88 Å². The number of halogens is 1. The van der Waals surface area contributed by atoms with Crippen LogP contribution in [0, 0.1) is 11.3 Å². The zero-order valence-corrected chi connectivity index (χ0v) is 16.6. The molecule has 1 aliphatic carbocycles. The molecule has 1 heterocycles. The summed E-state index contributed by atoms with van der Waals surface area (Å²) in [6, 6.07) is 15.3. The van der Waals surface area contributed by atoms with E-state index in [4.69, 9.17) is 26.8 Å². The van der Waals surface area contributed by atoms with Gasteiger partial charge in [-0.3, -0.25) is 4.79 Å². The summed E-state index contributed by atoms with van der Waals surface area (Å²) in [6.07, 6.45) is 1.70. The number of nitrogens with two attached hydrogens (primary N) is 1. The van der Waals surface area contributed by atoms with Crippen molar-refractivity contribution in [3.8, 4) is 11.8 Å². The Balaban J connectivity index is 1.64. The Hall–Kier alpha value is -3.56. The molecule has 0 unspecified atom stereocenters. The Morgan fingerprint density at radius 1 is 1.17 bits per heavy atom. The highest BCUT2D eigenvalue weighted by Crippen LogP contribution is 2.43. The molecule has 1 atom stereocenters. The van der Waals surface area contributed by atoms with E-state index in [2.05, 4.69) is 6.07 Å². The van der Waals surface area contributed by atoms with E-state index >= 15 is 0 Å². The average molecular weight is 421 g/mol. The Kier molecular flexibility index (Phi) is 5.30. The summed E-state index contributed by atoms with van der Waals surface area (Å²) in [6.45, 7) is 0. The first-order valence-electron chi connectivity index (χ1n) is 9.40. The molecule has 30 heavy (non-hydrogen) atoms. The van der Waals surface area contributed by atoms with E-state index in [0.717, 1.165) is 0 Å². The molecule has 150 valence electrons. The standard InChI is InChI=1S/C23H17ClN2O4/c24-17-5-2-1-4-15(17)23(28)29-14-10-8-13(9-11-14)20-16(12-25)22(26)30-19-7-3-6-18(27)21(19)20/h1-2,4-5,8-11,20H,3,6-7,26H2/t20-/m1/s1. The molecule has 0 radical (unpaired) electrons. The summed E-state index contributed by atoms with van der Waals surface area (Å²) in [5.74, 6) is -0.355. The Bertz CT molecular complexity index is 1140. The second-order valence-electron chi connectivity index (χ2n) is 6.98. The number of hydrogen-bond donors (Lipinski definition) is 1. The van der Waals surface area contributed by atoms with E-state index < -0.39 is 11.9 Å². The second kappa shape index (κ2) is 8.05. The van der Waals surface area contributed by atoms with Gasteiger partial charge in [0, 0.05) is 18.4 Å². The first-order chi connectivity index (χ1) is 14.5. The van der Waals surface area contributed by atoms with Gasteiger partial charge in [0.1, 0.15) is 23.2 Å². The molecule has 6 nitrogen and oxygen atoms in total. The van der Waals surface area contributed by atoms with Gasteiger partial charge in [0.05, 0.1) is 16.5 Å². The SMILES string of the molecule is N#CC1=C(N)OC2=C(C(=O)CCC2)[C@@H]1c1ccc(OC(=O)c2ccccc2Cl)cc1. The zero-order chi connectivity index (χ0) is 21.3. The van der Waals surface area contributed by atoms with Crippen molar-refractivity contribution in [1.82, 2.24) is 0 Å². The first-order valence-corrected chi connectivity index (χ1v) is 9.78. The average Bonchev–Trinajstić information content (AvgIpc) is 2.74. The maximum Gasteiger partial charge on any atom is 0.345 e. The number of ether oxygens (including phenoxy) is 2. The molecule has 2 N–H and O–H groups in total. The number of nitrogens with zero attached hydrogens (tertiary/aromatic N) is 1. The van der Waals surface area contributed by atoms with Crippen molar-refractivity contribution in [2.45, 2.75) is 25.2 Å². The van der Waals surface area contributed by atoms with Crippen LogP contribution in [0.1, 0.15) is 41.1 Å². The third-order valence-corrected chi connectivity index (χ3v) is 5.45. The van der Waals surface area contributed by atoms with Crippen molar-refractivity contribution in [1.29, 1.82) is 5.26 Å². The first kappa shape index (κ1) is 19.7. The maximum absolute atomic E-state index is 12.6. The van der Waals surface area contributed by atoms with Gasteiger partial charge < -0.3 is 15.2 Å². The fourth-order valence-electron chi connectivity index (χ4n) is 3.71. The van der Waals surface area contributed by atoms with E-state index in [1.54, 1.807) is 48.5 Å². The minimum absolute atomic E-state index is 0.0187. The van der Waals surface area contributed by atoms with E-state index in [1.807, 2.05) is 0 Å². The number of ketones is 1. The Labute approximate surface area is 178 Å². The lowest BCUT2D eigenvalue weighted by Crippen LogP contribution is -2.27. The molecule has 0 fully saturated rings. The number of esters is 1. The molecule has 2 aromatic rings. The summed E-state index contributed by atoms with van der Waals surface area (Å²) in [5, 5.41) is 9.91. The lowest BCUT2D eigenvalue weighted by Gasteiger charge is -2.31. The van der Waals surface area contributed by atoms with E-state index in [1.165, 1.54) is 0 Å². The third-order valence-electron chi connectivity index (χ3n) is 5.12. The van der Waals surface area contributed by atoms with Crippen LogP contribution in [0.25, 0.3) is 0 Å². The second-order valence-corrected chi connectivity index (χ2v) is 7.38. The Morgan fingerprint density at radius 3 is 2.60 bits per heavy atom. The summed E-state index contributed by atoms with van der Waals surface area (Å²) >= 11 is 6.04. The molecule has 0 aromatic heterocycles. The van der Waals surface area contributed by atoms with Crippen molar-refractivity contribution in [2.75, 3.05) is 0 Å². The van der Waals surface area contributed by atoms with Gasteiger partial charge in [0.25, 0.3) is 0 Å². The van der Waals surface area contributed by atoms with Crippen LogP contribution in [0.2, 0.25) is 5.02 Å². The molecular weight excluding hydrogens is 404 g/mol. The van der Waals surface area contributed by atoms with E-state index in [-0.39, 0.29) is 22.8 Å². The monoisotopic (exact) mass is 420 g/mol. The fraction of sp³-hybridized carbons (Fsp3) is 0.174. The maximum atomic E-state index is 12.6. The number of benzene rings is 2. The minimum atomic E-state index is -0.597. The predicted octanol–water partition coefficient (Wildman–Crippen LogP) is 4.37. The van der Waals surface area contributed by atoms with Crippen LogP contribution in [0.4, 0.5) is 0 Å². The highest BCUT2D eigenvalue weighted by molar-refractivity contribution is 6.33. The zero-order valence-electron chi connectivity index (χ0n) is 15.9. The molecular formula is C23H17ClN2O4. The van der Waals surface area contributed by atoms with Gasteiger partial charge in [-0.25, -0.2) is 4.79 Å². The van der Waals surface area contributed by atoms with E-state index in [0.29, 0.717) is 46.9 Å². The minimum Gasteiger partial charge on any atom is -0.444 e. The molecule has 0 saturated carbocycles. The lowest BCUT2D eigenvalue weighted by atomic mass is 9.77. The summed E-state index contributed by atoms with van der Waals surface area (Å²) in [5.41, 5.74) is 7.58. The normalized spacial score (nSPS) is 18.4. The lowest BCUT2D eigenvalue weighted by molar-refractivity contribution is -0.116. The topological polar surface area (TPSA) is 102 Å². The van der Waals surface area contributed by atoms with Crippen LogP contribution in [0.5, 0.6) is 5.75 Å². The molecule has 2 aliphatic rings. The largest absolute Gasteiger partial charge is 0.444 e. The van der Waals surface area contributed by atoms with Crippen LogP contribution < -0.4 is 10.5 Å². The highest BCUT2D eigenvalue weighted by Gasteiger charge is 2.37. The summed E-state index contributed by atoms with van der Waals surface area (Å²) < 4.78 is 11.0. The van der Waals surface area contributed by atoms with Gasteiger partial charge in [-0.2, -0.15) is 5.26 Å². The Morgan fingerprint density at radius 2 is 1.90 bits per heavy atom. The molecule has 7 heteroatoms. The van der Waals surface area contributed by atoms with Crippen LogP contribution in [-0.2, 0) is 9.53 Å². The summed E-state index contributed by atoms with van der Waals surface area (Å²) in [7, 11) is 0. The molecule has 4 rings (SSSR count). The van der Waals surface area contributed by atoms with Gasteiger partial charge in [-0.1, -0.05) is 35.9 Å². The van der Waals surface area contributed by atoms with Gasteiger partial charge in [0.15, 0.2) is 5.78 Å². The molecule has 2 aromatic carbocycles. The van der Waals surface area contributed by atoms with Gasteiger partial charge >= 0.3 is 5.97 Å². The van der Waals surface area contributed by atoms with Crippen LogP contribution in [-0.4, -0.2) is 11.8 Å². The third kappa shape index (κ3) is 3.56. The van der Waals surface area contributed by atoms with E-state index in [9.17, 15) is 14.9 Å². The number of hydrogen-bond acceptors (Lipinski definition) is 6. The summed E-state index contributed by atoms with van der Waals surface area (Å²) in [4.78, 5) is 24.9. The number of rotatable bonds is 3. The van der Waals surface area contributed by atoms with Crippen molar-refractivity contribution in [3.05, 3.63) is 87.5 Å². The molecule has 0 saturated heterocycles. The smallest absolute Gasteiger partial charge is 0.345 e. The predicted molar refractivity (Wildman–Crippen MR) is 109 cm³/mol. The van der Waals surface area contributed by atoms with Crippen LogP contribution in [0.3, 0.4) is 0 Å². The van der Waals surface area contributed by atoms with Crippen LogP contribution >= 0.6 is 11.6 Å². The number of carbonyl (C=O) groups excluding carboxylic acids is 2. The van der Waals surface area contributed by atoms with Crippen molar-refractivity contribution < 1.29 is 19.1 Å². The molecule has 0 bridgehead atoms. The van der Waals surface area contributed by atoms with Gasteiger partial charge in [-0.15, -0.1) is 0 Å². The van der Waals surface area contributed by atoms with Crippen LogP contribution in [0.15, 0.2) is 71.3 Å².